The van der Waals surface area contributed by atoms with Gasteiger partial charge in [0, 0.05) is 32.6 Å². The van der Waals surface area contributed by atoms with Crippen molar-refractivity contribution in [3.63, 3.8) is 0 Å². The molecule has 3 nitrogen and oxygen atoms in total. The highest BCUT2D eigenvalue weighted by Gasteiger charge is 2.03. The maximum atomic E-state index is 4.99. The molecule has 0 aromatic rings. The first-order valence-electron chi connectivity index (χ1n) is 5.33. The van der Waals surface area contributed by atoms with E-state index in [1.165, 1.54) is 25.0 Å². The van der Waals surface area contributed by atoms with E-state index in [2.05, 4.69) is 10.3 Å². The lowest BCUT2D eigenvalue weighted by atomic mass is 10.2. The van der Waals surface area contributed by atoms with Crippen LogP contribution in [0.1, 0.15) is 25.7 Å². The van der Waals surface area contributed by atoms with Crippen molar-refractivity contribution in [3.8, 4) is 0 Å². The molecule has 14 heavy (non-hydrogen) atoms. The van der Waals surface area contributed by atoms with Gasteiger partial charge in [-0.1, -0.05) is 11.8 Å². The third-order valence-electron chi connectivity index (χ3n) is 2.10. The topological polar surface area (TPSA) is 33.6 Å². The summed E-state index contributed by atoms with van der Waals surface area (Å²) in [6.07, 6.45) is 4.84. The molecule has 1 heterocycles. The second-order valence-electron chi connectivity index (χ2n) is 3.37. The SMILES string of the molecule is COCCCCCNC1=NCCCS1. The zero-order valence-electron chi connectivity index (χ0n) is 8.92. The van der Waals surface area contributed by atoms with Crippen LogP contribution in [0.2, 0.25) is 0 Å². The number of thioether (sulfide) groups is 1. The highest BCUT2D eigenvalue weighted by atomic mass is 32.2. The standard InChI is InChI=1S/C10H20N2OS/c1-13-8-4-2-3-6-11-10-12-7-5-9-14-10/h2-9H2,1H3,(H,11,12). The Bertz CT molecular complexity index is 174. The maximum absolute atomic E-state index is 4.99. The summed E-state index contributed by atoms with van der Waals surface area (Å²) < 4.78 is 4.99. The second kappa shape index (κ2) is 8.12. The number of amidine groups is 1. The predicted molar refractivity (Wildman–Crippen MR) is 63.1 cm³/mol. The number of nitrogens with one attached hydrogen (secondary N) is 1. The Morgan fingerprint density at radius 2 is 2.36 bits per heavy atom. The average Bonchev–Trinajstić information content (AvgIpc) is 2.25. The Hall–Kier alpha value is -0.220. The quantitative estimate of drug-likeness (QED) is 0.688. The fourth-order valence-electron chi connectivity index (χ4n) is 1.31. The fourth-order valence-corrected chi connectivity index (χ4v) is 2.16. The molecule has 0 aromatic heterocycles. The number of rotatable bonds is 6. The van der Waals surface area contributed by atoms with Crippen LogP contribution in [0.4, 0.5) is 0 Å². The smallest absolute Gasteiger partial charge is 0.156 e. The molecule has 0 saturated heterocycles. The van der Waals surface area contributed by atoms with E-state index in [1.807, 2.05) is 11.8 Å². The van der Waals surface area contributed by atoms with Gasteiger partial charge < -0.3 is 10.1 Å². The summed E-state index contributed by atoms with van der Waals surface area (Å²) in [6.45, 7) is 2.93. The number of nitrogens with zero attached hydrogens (tertiary/aromatic N) is 1. The number of aliphatic imine (C=N–C) groups is 1. The molecule has 0 aliphatic carbocycles. The molecular weight excluding hydrogens is 196 g/mol. The first kappa shape index (κ1) is 11.9. The second-order valence-corrected chi connectivity index (χ2v) is 4.45. The van der Waals surface area contributed by atoms with Gasteiger partial charge in [0.2, 0.25) is 0 Å². The minimum atomic E-state index is 0.885. The summed E-state index contributed by atoms with van der Waals surface area (Å²) in [5.74, 6) is 1.22. The molecule has 0 atom stereocenters. The van der Waals surface area contributed by atoms with Crippen LogP contribution in [0, 0.1) is 0 Å². The van der Waals surface area contributed by atoms with Crippen molar-refractivity contribution in [2.45, 2.75) is 25.7 Å². The Morgan fingerprint density at radius 1 is 1.43 bits per heavy atom. The van der Waals surface area contributed by atoms with Crippen LogP contribution < -0.4 is 5.32 Å². The van der Waals surface area contributed by atoms with Crippen molar-refractivity contribution in [3.05, 3.63) is 0 Å². The van der Waals surface area contributed by atoms with E-state index < -0.39 is 0 Å². The van der Waals surface area contributed by atoms with Crippen molar-refractivity contribution < 1.29 is 4.74 Å². The Labute approximate surface area is 90.7 Å². The fraction of sp³-hybridized carbons (Fsp3) is 0.900. The number of unbranched alkanes of at least 4 members (excludes halogenated alkanes) is 2. The highest BCUT2D eigenvalue weighted by molar-refractivity contribution is 8.13. The third-order valence-corrected chi connectivity index (χ3v) is 3.14. The summed E-state index contributed by atoms with van der Waals surface area (Å²) >= 11 is 1.85. The molecule has 0 bridgehead atoms. The highest BCUT2D eigenvalue weighted by Crippen LogP contribution is 2.09. The lowest BCUT2D eigenvalue weighted by molar-refractivity contribution is 0.192. The minimum Gasteiger partial charge on any atom is -0.385 e. The molecule has 0 radical (unpaired) electrons. The summed E-state index contributed by atoms with van der Waals surface area (Å²) in [6, 6.07) is 0. The van der Waals surface area contributed by atoms with Crippen molar-refractivity contribution in [2.75, 3.05) is 32.6 Å². The van der Waals surface area contributed by atoms with Gasteiger partial charge in [-0.05, 0) is 25.7 Å². The average molecular weight is 216 g/mol. The van der Waals surface area contributed by atoms with Gasteiger partial charge in [-0.15, -0.1) is 0 Å². The molecule has 0 spiro atoms. The van der Waals surface area contributed by atoms with Gasteiger partial charge in [-0.2, -0.15) is 0 Å². The molecule has 0 saturated carbocycles. The van der Waals surface area contributed by atoms with Crippen LogP contribution in [-0.2, 0) is 4.74 Å². The molecule has 1 N–H and O–H groups in total. The van der Waals surface area contributed by atoms with Gasteiger partial charge >= 0.3 is 0 Å². The molecule has 0 amide bonds. The lowest BCUT2D eigenvalue weighted by Crippen LogP contribution is -2.24. The van der Waals surface area contributed by atoms with Crippen molar-refractivity contribution in [2.24, 2.45) is 4.99 Å². The van der Waals surface area contributed by atoms with E-state index >= 15 is 0 Å². The first-order chi connectivity index (χ1) is 6.93. The molecule has 0 fully saturated rings. The van der Waals surface area contributed by atoms with Crippen LogP contribution in [0.5, 0.6) is 0 Å². The van der Waals surface area contributed by atoms with E-state index in [-0.39, 0.29) is 0 Å². The van der Waals surface area contributed by atoms with Crippen molar-refractivity contribution in [1.82, 2.24) is 5.32 Å². The first-order valence-corrected chi connectivity index (χ1v) is 6.32. The summed E-state index contributed by atoms with van der Waals surface area (Å²) in [4.78, 5) is 4.41. The molecule has 82 valence electrons. The molecule has 4 heteroatoms. The van der Waals surface area contributed by atoms with Crippen LogP contribution in [0.15, 0.2) is 4.99 Å². The van der Waals surface area contributed by atoms with Gasteiger partial charge in [0.1, 0.15) is 0 Å². The number of hydrogen-bond acceptors (Lipinski definition) is 4. The van der Waals surface area contributed by atoms with Gasteiger partial charge in [0.15, 0.2) is 5.17 Å². The number of ether oxygens (including phenoxy) is 1. The van der Waals surface area contributed by atoms with E-state index in [1.54, 1.807) is 7.11 Å². The summed E-state index contributed by atoms with van der Waals surface area (Å²) in [5, 5.41) is 4.51. The maximum Gasteiger partial charge on any atom is 0.156 e. The van der Waals surface area contributed by atoms with Gasteiger partial charge in [0.05, 0.1) is 0 Å². The zero-order valence-corrected chi connectivity index (χ0v) is 9.74. The van der Waals surface area contributed by atoms with Crippen LogP contribution in [0.3, 0.4) is 0 Å². The molecule has 1 aliphatic heterocycles. The third kappa shape index (κ3) is 5.50. The zero-order chi connectivity index (χ0) is 10.1. The van der Waals surface area contributed by atoms with Gasteiger partial charge in [0.25, 0.3) is 0 Å². The van der Waals surface area contributed by atoms with Crippen molar-refractivity contribution >= 4 is 16.9 Å². The molecule has 1 rings (SSSR count). The predicted octanol–water partition coefficient (Wildman–Crippen LogP) is 1.89. The van der Waals surface area contributed by atoms with Crippen LogP contribution >= 0.6 is 11.8 Å². The largest absolute Gasteiger partial charge is 0.385 e. The Balaban J connectivity index is 1.90. The number of methoxy groups -OCH3 is 1. The monoisotopic (exact) mass is 216 g/mol. The minimum absolute atomic E-state index is 0.885. The number of hydrogen-bond donors (Lipinski definition) is 1. The van der Waals surface area contributed by atoms with E-state index in [4.69, 9.17) is 4.74 Å². The molecular formula is C10H20N2OS. The lowest BCUT2D eigenvalue weighted by Gasteiger charge is -2.12. The molecule has 0 aromatic carbocycles. The Kier molecular flexibility index (Phi) is 6.87. The van der Waals surface area contributed by atoms with Gasteiger partial charge in [-0.25, -0.2) is 0 Å². The van der Waals surface area contributed by atoms with E-state index in [9.17, 15) is 0 Å². The van der Waals surface area contributed by atoms with E-state index in [0.717, 1.165) is 31.3 Å². The van der Waals surface area contributed by atoms with Gasteiger partial charge in [-0.3, -0.25) is 4.99 Å². The normalized spacial score (nSPS) is 16.5. The van der Waals surface area contributed by atoms with Crippen LogP contribution in [0.25, 0.3) is 0 Å². The molecule has 1 aliphatic rings. The van der Waals surface area contributed by atoms with Crippen LogP contribution in [-0.4, -0.2) is 37.7 Å². The van der Waals surface area contributed by atoms with Crippen molar-refractivity contribution in [1.29, 1.82) is 0 Å². The molecule has 0 unspecified atom stereocenters. The van der Waals surface area contributed by atoms with E-state index in [0.29, 0.717) is 0 Å². The summed E-state index contributed by atoms with van der Waals surface area (Å²) in [5.41, 5.74) is 0. The summed E-state index contributed by atoms with van der Waals surface area (Å²) in [7, 11) is 1.76. The Morgan fingerprint density at radius 3 is 3.07 bits per heavy atom.